The van der Waals surface area contributed by atoms with Gasteiger partial charge in [0.1, 0.15) is 0 Å². The first-order chi connectivity index (χ1) is 25.4. The van der Waals surface area contributed by atoms with E-state index in [0.717, 1.165) is 51.4 Å². The highest BCUT2D eigenvalue weighted by Gasteiger charge is 2.32. The standard InChI is InChI=1S/C45H86N2O5/c1-3-5-7-9-11-13-15-17-19-21-23-25-27-29-31-36-43(48)51-39-33-35-42(47)45(50,41-46)38-34-40-52-44(49)37-32-30-28-26-24-22-20-18-16-14-12-10-8-6-4-2/h17-20,42,50H,3-16,21-41,46-47H2,1-2H3/b19-17-,20-18-. The molecule has 52 heavy (non-hydrogen) atoms. The van der Waals surface area contributed by atoms with Gasteiger partial charge in [-0.25, -0.2) is 0 Å². The largest absolute Gasteiger partial charge is 0.466 e. The molecule has 2 atom stereocenters. The van der Waals surface area contributed by atoms with Gasteiger partial charge in [-0.3, -0.25) is 9.59 Å². The zero-order valence-electron chi connectivity index (χ0n) is 34.4. The highest BCUT2D eigenvalue weighted by atomic mass is 16.5. The number of unbranched alkanes of at least 4 members (excludes halogenated alkanes) is 22. The third-order valence-corrected chi connectivity index (χ3v) is 10.3. The zero-order chi connectivity index (χ0) is 38.2. The first-order valence-electron chi connectivity index (χ1n) is 22.2. The fourth-order valence-electron chi connectivity index (χ4n) is 6.59. The molecule has 0 spiro atoms. The van der Waals surface area contributed by atoms with Crippen LogP contribution in [0.4, 0.5) is 0 Å². The number of rotatable bonds is 40. The molecule has 0 aromatic carbocycles. The molecular weight excluding hydrogens is 649 g/mol. The van der Waals surface area contributed by atoms with Crippen molar-refractivity contribution in [2.45, 2.75) is 231 Å². The summed E-state index contributed by atoms with van der Waals surface area (Å²) in [6.07, 6.45) is 44.1. The number of ether oxygens (including phenoxy) is 2. The number of allylic oxidation sites excluding steroid dienone is 4. The number of carbonyl (C=O) groups is 2. The van der Waals surface area contributed by atoms with Crippen LogP contribution in [0.5, 0.6) is 0 Å². The van der Waals surface area contributed by atoms with Crippen molar-refractivity contribution in [2.75, 3.05) is 19.8 Å². The molecule has 0 rings (SSSR count). The average molecular weight is 735 g/mol. The Morgan fingerprint density at radius 1 is 0.538 bits per heavy atom. The van der Waals surface area contributed by atoms with Crippen LogP contribution >= 0.6 is 0 Å². The molecule has 0 fully saturated rings. The fourth-order valence-corrected chi connectivity index (χ4v) is 6.59. The summed E-state index contributed by atoms with van der Waals surface area (Å²) in [7, 11) is 0. The predicted molar refractivity (Wildman–Crippen MR) is 221 cm³/mol. The fraction of sp³-hybridized carbons (Fsp3) is 0.867. The molecule has 306 valence electrons. The van der Waals surface area contributed by atoms with Crippen molar-refractivity contribution in [3.63, 3.8) is 0 Å². The highest BCUT2D eigenvalue weighted by Crippen LogP contribution is 2.19. The minimum atomic E-state index is -1.23. The lowest BCUT2D eigenvalue weighted by atomic mass is 9.87. The van der Waals surface area contributed by atoms with Gasteiger partial charge >= 0.3 is 11.9 Å². The van der Waals surface area contributed by atoms with Crippen molar-refractivity contribution >= 4 is 11.9 Å². The van der Waals surface area contributed by atoms with E-state index < -0.39 is 11.6 Å². The van der Waals surface area contributed by atoms with E-state index in [2.05, 4.69) is 38.2 Å². The molecule has 0 aliphatic heterocycles. The summed E-state index contributed by atoms with van der Waals surface area (Å²) in [6.45, 7) is 5.11. The molecule has 7 heteroatoms. The van der Waals surface area contributed by atoms with Crippen LogP contribution in [0.15, 0.2) is 24.3 Å². The topological polar surface area (TPSA) is 125 Å². The zero-order valence-corrected chi connectivity index (χ0v) is 34.4. The van der Waals surface area contributed by atoms with Gasteiger partial charge in [0.2, 0.25) is 0 Å². The summed E-state index contributed by atoms with van der Waals surface area (Å²) in [4.78, 5) is 24.3. The lowest BCUT2D eigenvalue weighted by Gasteiger charge is -2.33. The van der Waals surface area contributed by atoms with Gasteiger partial charge in [0.25, 0.3) is 0 Å². The summed E-state index contributed by atoms with van der Waals surface area (Å²) in [5.41, 5.74) is 11.0. The predicted octanol–water partition coefficient (Wildman–Crippen LogP) is 11.7. The molecular formula is C45H86N2O5. The van der Waals surface area contributed by atoms with E-state index in [9.17, 15) is 14.7 Å². The number of nitrogens with two attached hydrogens (primary N) is 2. The molecule has 7 nitrogen and oxygen atoms in total. The normalized spacial score (nSPS) is 13.6. The van der Waals surface area contributed by atoms with Crippen molar-refractivity contribution in [3.05, 3.63) is 24.3 Å². The summed E-state index contributed by atoms with van der Waals surface area (Å²) < 4.78 is 10.8. The minimum absolute atomic E-state index is 0.0340. The van der Waals surface area contributed by atoms with E-state index in [1.54, 1.807) is 0 Å². The molecule has 0 radical (unpaired) electrons. The highest BCUT2D eigenvalue weighted by molar-refractivity contribution is 5.69. The summed E-state index contributed by atoms with van der Waals surface area (Å²) >= 11 is 0. The quantitative estimate of drug-likeness (QED) is 0.0325. The Morgan fingerprint density at radius 2 is 0.885 bits per heavy atom. The molecule has 0 aliphatic carbocycles. The third kappa shape index (κ3) is 34.1. The van der Waals surface area contributed by atoms with Gasteiger partial charge in [-0.2, -0.15) is 0 Å². The first kappa shape index (κ1) is 50.3. The molecule has 0 aromatic heterocycles. The molecule has 0 heterocycles. The molecule has 0 saturated heterocycles. The van der Waals surface area contributed by atoms with Gasteiger partial charge < -0.3 is 26.0 Å². The lowest BCUT2D eigenvalue weighted by molar-refractivity contribution is -0.145. The van der Waals surface area contributed by atoms with Crippen LogP contribution in [0, 0.1) is 0 Å². The maximum atomic E-state index is 12.1. The van der Waals surface area contributed by atoms with Crippen LogP contribution < -0.4 is 11.5 Å². The van der Waals surface area contributed by atoms with Crippen LogP contribution in [0.2, 0.25) is 0 Å². The van der Waals surface area contributed by atoms with Crippen LogP contribution in [0.25, 0.3) is 0 Å². The second-order valence-electron chi connectivity index (χ2n) is 15.3. The van der Waals surface area contributed by atoms with E-state index >= 15 is 0 Å². The van der Waals surface area contributed by atoms with Gasteiger partial charge in [0.15, 0.2) is 0 Å². The Labute approximate surface area is 321 Å². The number of hydrogen-bond donors (Lipinski definition) is 3. The summed E-state index contributed by atoms with van der Waals surface area (Å²) in [5, 5.41) is 11.0. The maximum Gasteiger partial charge on any atom is 0.305 e. The van der Waals surface area contributed by atoms with Crippen molar-refractivity contribution in [1.82, 2.24) is 0 Å². The number of esters is 2. The summed E-state index contributed by atoms with van der Waals surface area (Å²) in [5.74, 6) is -0.342. The Morgan fingerprint density at radius 3 is 1.27 bits per heavy atom. The molecule has 0 saturated carbocycles. The smallest absolute Gasteiger partial charge is 0.305 e. The van der Waals surface area contributed by atoms with Crippen LogP contribution in [-0.4, -0.2) is 48.4 Å². The molecule has 5 N–H and O–H groups in total. The van der Waals surface area contributed by atoms with Crippen LogP contribution in [-0.2, 0) is 19.1 Å². The summed E-state index contributed by atoms with van der Waals surface area (Å²) in [6, 6.07) is -0.534. The second kappa shape index (κ2) is 39.0. The Hall–Kier alpha value is -1.70. The maximum absolute atomic E-state index is 12.1. The van der Waals surface area contributed by atoms with Crippen molar-refractivity contribution in [2.24, 2.45) is 11.5 Å². The lowest BCUT2D eigenvalue weighted by Crippen LogP contribution is -2.53. The molecule has 0 aliphatic rings. The SMILES string of the molecule is CCCCCCCC/C=C\CCCCCCCC(=O)OCCCC(N)C(O)(CN)CCCOC(=O)CCCCCCC/C=C\CCCCCCCC. The van der Waals surface area contributed by atoms with Crippen LogP contribution in [0.1, 0.15) is 219 Å². The van der Waals surface area contributed by atoms with Crippen LogP contribution in [0.3, 0.4) is 0 Å². The van der Waals surface area contributed by atoms with E-state index in [-0.39, 0.29) is 25.1 Å². The van der Waals surface area contributed by atoms with Crippen molar-refractivity contribution in [1.29, 1.82) is 0 Å². The second-order valence-corrected chi connectivity index (χ2v) is 15.3. The Bertz CT molecular complexity index is 848. The van der Waals surface area contributed by atoms with E-state index in [1.807, 2.05) is 0 Å². The van der Waals surface area contributed by atoms with Gasteiger partial charge in [0.05, 0.1) is 18.8 Å². The van der Waals surface area contributed by atoms with E-state index in [1.165, 1.54) is 116 Å². The number of carbonyl (C=O) groups excluding carboxylic acids is 2. The molecule has 2 unspecified atom stereocenters. The van der Waals surface area contributed by atoms with Crippen molar-refractivity contribution < 1.29 is 24.2 Å². The number of aliphatic hydroxyl groups is 1. The van der Waals surface area contributed by atoms with Gasteiger partial charge in [-0.1, -0.05) is 141 Å². The van der Waals surface area contributed by atoms with E-state index in [4.69, 9.17) is 20.9 Å². The van der Waals surface area contributed by atoms with Gasteiger partial charge in [-0.05, 0) is 89.9 Å². The third-order valence-electron chi connectivity index (χ3n) is 10.3. The molecule has 0 bridgehead atoms. The first-order valence-corrected chi connectivity index (χ1v) is 22.2. The van der Waals surface area contributed by atoms with E-state index in [0.29, 0.717) is 45.1 Å². The average Bonchev–Trinajstić information content (AvgIpc) is 3.14. The molecule has 0 amide bonds. The van der Waals surface area contributed by atoms with Gasteiger partial charge in [0, 0.05) is 25.4 Å². The Balaban J connectivity index is 3.72. The Kier molecular flexibility index (Phi) is 37.7. The van der Waals surface area contributed by atoms with Crippen molar-refractivity contribution in [3.8, 4) is 0 Å². The van der Waals surface area contributed by atoms with Gasteiger partial charge in [-0.15, -0.1) is 0 Å². The number of hydrogen-bond acceptors (Lipinski definition) is 7. The molecule has 0 aromatic rings. The monoisotopic (exact) mass is 735 g/mol. The minimum Gasteiger partial charge on any atom is -0.466 e.